The van der Waals surface area contributed by atoms with E-state index in [1.165, 1.54) is 10.8 Å². The van der Waals surface area contributed by atoms with Crippen molar-refractivity contribution in [1.29, 1.82) is 0 Å². The zero-order valence-corrected chi connectivity index (χ0v) is 47.6. The summed E-state index contributed by atoms with van der Waals surface area (Å²) in [6.07, 6.45) is 0. The summed E-state index contributed by atoms with van der Waals surface area (Å²) in [5.41, 5.74) is 22.3. The number of rotatable bonds is 4. The fourth-order valence-electron chi connectivity index (χ4n) is 16.2. The maximum absolute atomic E-state index is 7.72. The van der Waals surface area contributed by atoms with Crippen molar-refractivity contribution in [2.24, 2.45) is 0 Å². The minimum Gasteiger partial charge on any atom is -0.459 e. The number of hydrogen-bond donors (Lipinski definition) is 0. The van der Waals surface area contributed by atoms with Crippen LogP contribution in [0.5, 0.6) is 46.0 Å². The van der Waals surface area contributed by atoms with Gasteiger partial charge in [0.25, 0.3) is 20.1 Å². The third-order valence-electron chi connectivity index (χ3n) is 19.7. The Labute approximate surface area is 512 Å². The first-order chi connectivity index (χ1) is 44.2. The Morgan fingerprint density at radius 2 is 0.618 bits per heavy atom. The van der Waals surface area contributed by atoms with Crippen LogP contribution in [0.1, 0.15) is 0 Å². The SMILES string of the molecule is c1ccc(N2c3cccc4c3B(c3c2cc2c5c3Oc3ccccc3B5c3cc5c6ccccc6n(-c6ccccc6)c5cc3O2)c2c(cc3c5c2Oc2ccccc2B5c2cc5c6ccccc6n(-c6ccccc6)c5cc2O3)N4c2ccccc2)cc1. The van der Waals surface area contributed by atoms with Gasteiger partial charge in [-0.1, -0.05) is 164 Å². The van der Waals surface area contributed by atoms with E-state index in [2.05, 4.69) is 292 Å². The van der Waals surface area contributed by atoms with Crippen molar-refractivity contribution in [3.8, 4) is 57.4 Å². The number of benzene rings is 13. The Kier molecular flexibility index (Phi) is 9.40. The number of para-hydroxylation sites is 8. The first-order valence-corrected chi connectivity index (χ1v) is 30.6. The molecule has 6 aliphatic rings. The van der Waals surface area contributed by atoms with Crippen LogP contribution in [0.15, 0.2) is 273 Å². The lowest BCUT2D eigenvalue weighted by atomic mass is 9.28. The molecule has 410 valence electrons. The van der Waals surface area contributed by atoms with Gasteiger partial charge in [0.05, 0.1) is 22.1 Å². The highest BCUT2D eigenvalue weighted by molar-refractivity contribution is 7.05. The topological polar surface area (TPSA) is 53.3 Å². The molecule has 6 aliphatic heterocycles. The molecule has 0 atom stereocenters. The van der Waals surface area contributed by atoms with Crippen LogP contribution < -0.4 is 77.9 Å². The standard InChI is InChI=1S/C78H45B3N4O4/c1-5-22-46(23-6-1)82-58-34-17-13-30-50(58)52-40-56-68(42-62(52)82)86-70-44-64-73(77-75(70)79(56)54-32-15-19-38-66(54)88-77)81-72-60(84(64)48-26-9-3-10-27-48)36-21-37-61(72)85(49-28-11-4-12-29-49)65-45-71-76-78(74(65)81)89-67-39-20-16-33-55(67)80(76)57-41-53-51-31-14-18-35-59(51)83(47-24-7-2-8-25-47)63(53)43-69(57)87-71/h1-45H. The van der Waals surface area contributed by atoms with Gasteiger partial charge >= 0.3 is 0 Å². The number of anilines is 6. The molecule has 0 spiro atoms. The van der Waals surface area contributed by atoms with Crippen LogP contribution in [0.2, 0.25) is 0 Å². The number of ether oxygens (including phenoxy) is 4. The molecule has 0 aliphatic carbocycles. The predicted octanol–water partition coefficient (Wildman–Crippen LogP) is 13.4. The maximum Gasteiger partial charge on any atom is 0.261 e. The highest BCUT2D eigenvalue weighted by Gasteiger charge is 2.53. The lowest BCUT2D eigenvalue weighted by Crippen LogP contribution is -2.66. The summed E-state index contributed by atoms with van der Waals surface area (Å²) in [6.45, 7) is -0.905. The molecule has 0 saturated heterocycles. The monoisotopic (exact) mass is 1130 g/mol. The highest BCUT2D eigenvalue weighted by Crippen LogP contribution is 2.51. The van der Waals surface area contributed by atoms with Crippen LogP contribution in [-0.2, 0) is 0 Å². The molecular formula is C78H45B3N4O4. The van der Waals surface area contributed by atoms with Crippen LogP contribution in [0.3, 0.4) is 0 Å². The van der Waals surface area contributed by atoms with Crippen LogP contribution >= 0.6 is 0 Å². The van der Waals surface area contributed by atoms with E-state index in [4.69, 9.17) is 18.9 Å². The number of nitrogens with zero attached hydrogens (tertiary/aromatic N) is 4. The molecule has 0 unspecified atom stereocenters. The zero-order chi connectivity index (χ0) is 57.7. The van der Waals surface area contributed by atoms with Crippen LogP contribution in [-0.4, -0.2) is 29.3 Å². The minimum absolute atomic E-state index is 0.239. The van der Waals surface area contributed by atoms with Crippen molar-refractivity contribution in [3.05, 3.63) is 273 Å². The molecule has 0 amide bonds. The van der Waals surface area contributed by atoms with Gasteiger partial charge in [0.15, 0.2) is 0 Å². The molecule has 0 N–H and O–H groups in total. The summed E-state index contributed by atoms with van der Waals surface area (Å²) in [5, 5.41) is 4.69. The molecule has 8 nitrogen and oxygen atoms in total. The van der Waals surface area contributed by atoms with Crippen molar-refractivity contribution < 1.29 is 18.9 Å². The Balaban J connectivity index is 0.863. The summed E-state index contributed by atoms with van der Waals surface area (Å²) in [7, 11) is 0. The molecule has 11 heteroatoms. The molecular weight excluding hydrogens is 1090 g/mol. The zero-order valence-electron chi connectivity index (χ0n) is 47.6. The normalized spacial score (nSPS) is 13.9. The quantitative estimate of drug-likeness (QED) is 0.164. The van der Waals surface area contributed by atoms with Crippen molar-refractivity contribution >= 4 is 147 Å². The fraction of sp³-hybridized carbons (Fsp3) is 0. The molecule has 21 rings (SSSR count). The molecule has 89 heavy (non-hydrogen) atoms. The predicted molar refractivity (Wildman–Crippen MR) is 365 cm³/mol. The molecule has 15 aromatic rings. The minimum atomic E-state index is -0.427. The van der Waals surface area contributed by atoms with E-state index in [0.717, 1.165) is 173 Å². The number of aromatic nitrogens is 2. The third-order valence-corrected chi connectivity index (χ3v) is 19.7. The summed E-state index contributed by atoms with van der Waals surface area (Å²) in [5.74, 6) is 6.38. The fourth-order valence-corrected chi connectivity index (χ4v) is 16.2. The molecule has 0 saturated carbocycles. The van der Waals surface area contributed by atoms with E-state index in [0.29, 0.717) is 0 Å². The second-order valence-electron chi connectivity index (χ2n) is 24.1. The van der Waals surface area contributed by atoms with Gasteiger partial charge < -0.3 is 37.9 Å². The largest absolute Gasteiger partial charge is 0.459 e. The third kappa shape index (κ3) is 6.34. The van der Waals surface area contributed by atoms with Gasteiger partial charge in [0, 0.05) is 102 Å². The molecule has 8 heterocycles. The van der Waals surface area contributed by atoms with E-state index in [-0.39, 0.29) is 13.4 Å². The Morgan fingerprint density at radius 1 is 0.225 bits per heavy atom. The van der Waals surface area contributed by atoms with Crippen LogP contribution in [0.4, 0.5) is 34.1 Å². The summed E-state index contributed by atoms with van der Waals surface area (Å²) in [6, 6.07) is 98.3. The van der Waals surface area contributed by atoms with E-state index >= 15 is 0 Å². The van der Waals surface area contributed by atoms with Gasteiger partial charge in [-0.25, -0.2) is 0 Å². The lowest BCUT2D eigenvalue weighted by Gasteiger charge is -2.47. The van der Waals surface area contributed by atoms with E-state index in [1.54, 1.807) is 0 Å². The summed E-state index contributed by atoms with van der Waals surface area (Å²) in [4.78, 5) is 4.87. The van der Waals surface area contributed by atoms with E-state index in [1.807, 2.05) is 0 Å². The van der Waals surface area contributed by atoms with Crippen molar-refractivity contribution in [3.63, 3.8) is 0 Å². The summed E-state index contributed by atoms with van der Waals surface area (Å²) >= 11 is 0. The molecule has 0 radical (unpaired) electrons. The summed E-state index contributed by atoms with van der Waals surface area (Å²) < 4.78 is 35.3. The number of hydrogen-bond acceptors (Lipinski definition) is 6. The second-order valence-corrected chi connectivity index (χ2v) is 24.1. The van der Waals surface area contributed by atoms with Crippen LogP contribution in [0.25, 0.3) is 55.0 Å². The molecule has 13 aromatic carbocycles. The van der Waals surface area contributed by atoms with Gasteiger partial charge in [-0.15, -0.1) is 0 Å². The Bertz CT molecular complexity index is 5280. The lowest BCUT2D eigenvalue weighted by molar-refractivity contribution is 0.467. The molecule has 0 fully saturated rings. The smallest absolute Gasteiger partial charge is 0.261 e. The average molecular weight is 1130 g/mol. The molecule has 2 aromatic heterocycles. The van der Waals surface area contributed by atoms with Crippen molar-refractivity contribution in [2.75, 3.05) is 9.80 Å². The van der Waals surface area contributed by atoms with Crippen LogP contribution in [0, 0.1) is 0 Å². The van der Waals surface area contributed by atoms with Gasteiger partial charge in [-0.3, -0.25) is 0 Å². The maximum atomic E-state index is 7.72. The number of fused-ring (bicyclic) bond motifs is 20. The van der Waals surface area contributed by atoms with Gasteiger partial charge in [0.2, 0.25) is 0 Å². The molecule has 0 bridgehead atoms. The van der Waals surface area contributed by atoms with Gasteiger partial charge in [-0.05, 0) is 123 Å². The second kappa shape index (κ2) is 17.6. The average Bonchev–Trinajstić information content (AvgIpc) is 1.03. The van der Waals surface area contributed by atoms with E-state index in [9.17, 15) is 0 Å². The first kappa shape index (κ1) is 47.7. The van der Waals surface area contributed by atoms with Gasteiger partial charge in [0.1, 0.15) is 46.0 Å². The first-order valence-electron chi connectivity index (χ1n) is 30.6. The van der Waals surface area contributed by atoms with Gasteiger partial charge in [-0.2, -0.15) is 0 Å². The van der Waals surface area contributed by atoms with E-state index < -0.39 is 6.71 Å². The highest BCUT2D eigenvalue weighted by atomic mass is 16.5. The Morgan fingerprint density at radius 3 is 1.07 bits per heavy atom. The van der Waals surface area contributed by atoms with Crippen molar-refractivity contribution in [2.45, 2.75) is 0 Å². The van der Waals surface area contributed by atoms with Crippen molar-refractivity contribution in [1.82, 2.24) is 9.13 Å². The Hall–Kier alpha value is -11.5.